The zero-order chi connectivity index (χ0) is 11.6. The molecule has 0 aromatic heterocycles. The third-order valence-corrected chi connectivity index (χ3v) is 2.06. The minimum Gasteiger partial charge on any atom is -0.443 e. The van der Waals surface area contributed by atoms with E-state index >= 15 is 0 Å². The maximum Gasteiger partial charge on any atom is 0.415 e. The quantitative estimate of drug-likeness (QED) is 0.670. The summed E-state index contributed by atoms with van der Waals surface area (Å²) in [6.07, 6.45) is 0.483. The van der Waals surface area contributed by atoms with Crippen LogP contribution in [0, 0.1) is 0 Å². The predicted octanol–water partition coefficient (Wildman–Crippen LogP) is 2.43. The van der Waals surface area contributed by atoms with Crippen LogP contribution in [-0.2, 0) is 4.74 Å². The number of carbonyl (C=O) groups is 1. The van der Waals surface area contributed by atoms with Crippen LogP contribution < -0.4 is 0 Å². The lowest BCUT2D eigenvalue weighted by Crippen LogP contribution is -2.39. The van der Waals surface area contributed by atoms with Gasteiger partial charge in [0.2, 0.25) is 0 Å². The molecule has 0 saturated heterocycles. The van der Waals surface area contributed by atoms with Crippen LogP contribution in [0.2, 0.25) is 0 Å². The summed E-state index contributed by atoms with van der Waals surface area (Å²) in [6, 6.07) is 0.187. The summed E-state index contributed by atoms with van der Waals surface area (Å²) in [7, 11) is 0. The molecule has 1 amide bonds. The molecule has 4 nitrogen and oxygen atoms in total. The number of rotatable bonds is 1. The van der Waals surface area contributed by atoms with E-state index in [1.807, 2.05) is 34.6 Å². The zero-order valence-electron chi connectivity index (χ0n) is 10.2. The van der Waals surface area contributed by atoms with E-state index in [9.17, 15) is 4.79 Å². The Morgan fingerprint density at radius 2 is 2.20 bits per heavy atom. The Morgan fingerprint density at radius 1 is 1.60 bits per heavy atom. The molecule has 0 fully saturated rings. The van der Waals surface area contributed by atoms with Gasteiger partial charge in [0, 0.05) is 6.42 Å². The molecule has 1 atom stereocenters. The normalized spacial score (nSPS) is 21.5. The molecule has 4 heteroatoms. The number of hydrogen-bond acceptors (Lipinski definition) is 3. The molecule has 0 radical (unpaired) electrons. The fourth-order valence-corrected chi connectivity index (χ4v) is 1.51. The van der Waals surface area contributed by atoms with Crippen molar-refractivity contribution < 1.29 is 9.53 Å². The van der Waals surface area contributed by atoms with Crippen LogP contribution in [-0.4, -0.2) is 35.0 Å². The fraction of sp³-hybridized carbons (Fsp3) is 0.818. The Labute approximate surface area is 91.3 Å². The second-order valence-corrected chi connectivity index (χ2v) is 4.84. The summed E-state index contributed by atoms with van der Waals surface area (Å²) in [6.45, 7) is 10.2. The average Bonchev–Trinajstić information content (AvgIpc) is 2.43. The van der Waals surface area contributed by atoms with Crippen LogP contribution in [0.3, 0.4) is 0 Å². The highest BCUT2D eigenvalue weighted by atomic mass is 16.6. The molecule has 1 aliphatic rings. The fourth-order valence-electron chi connectivity index (χ4n) is 1.51. The zero-order valence-corrected chi connectivity index (χ0v) is 10.2. The standard InChI is InChI=1S/C11H20N2O2/c1-6-9-12-8(2)7-13(9)10(14)15-11(3,4)5/h8H,6-7H2,1-5H3/t8-/m0/s1. The van der Waals surface area contributed by atoms with Gasteiger partial charge in [-0.1, -0.05) is 6.92 Å². The first kappa shape index (κ1) is 12.0. The molecule has 0 aromatic carbocycles. The van der Waals surface area contributed by atoms with E-state index in [1.165, 1.54) is 0 Å². The molecular formula is C11H20N2O2. The summed E-state index contributed by atoms with van der Waals surface area (Å²) in [5.41, 5.74) is -0.443. The molecule has 0 aromatic rings. The predicted molar refractivity (Wildman–Crippen MR) is 60.1 cm³/mol. The Hall–Kier alpha value is -1.06. The van der Waals surface area contributed by atoms with Gasteiger partial charge in [-0.15, -0.1) is 0 Å². The van der Waals surface area contributed by atoms with E-state index in [2.05, 4.69) is 4.99 Å². The third-order valence-electron chi connectivity index (χ3n) is 2.06. The van der Waals surface area contributed by atoms with Gasteiger partial charge in [-0.2, -0.15) is 0 Å². The van der Waals surface area contributed by atoms with Crippen molar-refractivity contribution in [2.75, 3.05) is 6.54 Å². The Balaban J connectivity index is 2.66. The van der Waals surface area contributed by atoms with Crippen LogP contribution >= 0.6 is 0 Å². The second kappa shape index (κ2) is 4.21. The van der Waals surface area contributed by atoms with Gasteiger partial charge in [-0.3, -0.25) is 9.89 Å². The minimum atomic E-state index is -0.443. The highest BCUT2D eigenvalue weighted by Gasteiger charge is 2.30. The molecule has 0 bridgehead atoms. The maximum atomic E-state index is 11.8. The van der Waals surface area contributed by atoms with Crippen molar-refractivity contribution in [2.45, 2.75) is 52.7 Å². The van der Waals surface area contributed by atoms with Crippen molar-refractivity contribution >= 4 is 11.9 Å². The number of nitrogens with zero attached hydrogens (tertiary/aromatic N) is 2. The summed E-state index contributed by atoms with van der Waals surface area (Å²) in [4.78, 5) is 17.8. The van der Waals surface area contributed by atoms with Crippen LogP contribution in [0.1, 0.15) is 41.0 Å². The number of hydrogen-bond donors (Lipinski definition) is 0. The maximum absolute atomic E-state index is 11.8. The summed E-state index contributed by atoms with van der Waals surface area (Å²) in [5, 5.41) is 0. The lowest BCUT2D eigenvalue weighted by Gasteiger charge is -2.25. The summed E-state index contributed by atoms with van der Waals surface area (Å²) < 4.78 is 5.31. The van der Waals surface area contributed by atoms with Crippen molar-refractivity contribution in [3.05, 3.63) is 0 Å². The van der Waals surface area contributed by atoms with E-state index in [4.69, 9.17) is 4.74 Å². The Kier molecular flexibility index (Phi) is 3.37. The highest BCUT2D eigenvalue weighted by molar-refractivity contribution is 5.96. The van der Waals surface area contributed by atoms with Crippen molar-refractivity contribution in [2.24, 2.45) is 4.99 Å². The van der Waals surface area contributed by atoms with E-state index in [1.54, 1.807) is 4.90 Å². The molecule has 0 unspecified atom stereocenters. The Bertz CT molecular complexity index is 279. The van der Waals surface area contributed by atoms with Crippen LogP contribution in [0.4, 0.5) is 4.79 Å². The molecule has 1 aliphatic heterocycles. The van der Waals surface area contributed by atoms with Crippen molar-refractivity contribution in [3.63, 3.8) is 0 Å². The van der Waals surface area contributed by atoms with Gasteiger partial charge in [-0.25, -0.2) is 4.79 Å². The number of amides is 1. The molecular weight excluding hydrogens is 192 g/mol. The first-order valence-corrected chi connectivity index (χ1v) is 5.40. The molecule has 86 valence electrons. The van der Waals surface area contributed by atoms with Gasteiger partial charge >= 0.3 is 6.09 Å². The van der Waals surface area contributed by atoms with E-state index in [-0.39, 0.29) is 12.1 Å². The van der Waals surface area contributed by atoms with Gasteiger partial charge < -0.3 is 4.74 Å². The first-order valence-electron chi connectivity index (χ1n) is 5.40. The number of ether oxygens (including phenoxy) is 1. The molecule has 1 heterocycles. The summed E-state index contributed by atoms with van der Waals surface area (Å²) in [5.74, 6) is 0.830. The lowest BCUT2D eigenvalue weighted by molar-refractivity contribution is 0.0376. The first-order chi connectivity index (χ1) is 6.83. The SMILES string of the molecule is CCC1=N[C@@H](C)CN1C(=O)OC(C)(C)C. The third kappa shape index (κ3) is 3.22. The van der Waals surface area contributed by atoms with E-state index < -0.39 is 5.60 Å². The number of amidine groups is 1. The smallest absolute Gasteiger partial charge is 0.415 e. The van der Waals surface area contributed by atoms with Crippen LogP contribution in [0.15, 0.2) is 4.99 Å². The number of carbonyl (C=O) groups excluding carboxylic acids is 1. The largest absolute Gasteiger partial charge is 0.443 e. The van der Waals surface area contributed by atoms with Crippen molar-refractivity contribution in [3.8, 4) is 0 Å². The monoisotopic (exact) mass is 212 g/mol. The van der Waals surface area contributed by atoms with E-state index in [0.717, 1.165) is 12.3 Å². The minimum absolute atomic E-state index is 0.187. The summed E-state index contributed by atoms with van der Waals surface area (Å²) >= 11 is 0. The molecule has 0 saturated carbocycles. The topological polar surface area (TPSA) is 41.9 Å². The molecule has 1 rings (SSSR count). The van der Waals surface area contributed by atoms with Crippen molar-refractivity contribution in [1.29, 1.82) is 0 Å². The van der Waals surface area contributed by atoms with Gasteiger partial charge in [0.1, 0.15) is 11.4 Å². The van der Waals surface area contributed by atoms with Crippen molar-refractivity contribution in [1.82, 2.24) is 4.90 Å². The second-order valence-electron chi connectivity index (χ2n) is 4.84. The Morgan fingerprint density at radius 3 is 2.67 bits per heavy atom. The molecule has 0 aliphatic carbocycles. The number of aliphatic imine (C=N–C) groups is 1. The van der Waals surface area contributed by atoms with E-state index in [0.29, 0.717) is 6.54 Å². The lowest BCUT2D eigenvalue weighted by atomic mass is 10.2. The highest BCUT2D eigenvalue weighted by Crippen LogP contribution is 2.16. The van der Waals surface area contributed by atoms with Gasteiger partial charge in [0.15, 0.2) is 0 Å². The molecule has 0 spiro atoms. The van der Waals surface area contributed by atoms with Gasteiger partial charge in [0.05, 0.1) is 12.6 Å². The van der Waals surface area contributed by atoms with Crippen LogP contribution in [0.5, 0.6) is 0 Å². The molecule has 0 N–H and O–H groups in total. The van der Waals surface area contributed by atoms with Gasteiger partial charge in [0.25, 0.3) is 0 Å². The average molecular weight is 212 g/mol. The van der Waals surface area contributed by atoms with Crippen LogP contribution in [0.25, 0.3) is 0 Å². The molecule has 15 heavy (non-hydrogen) atoms. The van der Waals surface area contributed by atoms with Gasteiger partial charge in [-0.05, 0) is 27.7 Å².